The molecule has 1 aromatic heterocycles. The fourth-order valence-electron chi connectivity index (χ4n) is 3.23. The van der Waals surface area contributed by atoms with Gasteiger partial charge in [0.05, 0.1) is 15.5 Å². The van der Waals surface area contributed by atoms with Gasteiger partial charge in [0.2, 0.25) is 11.3 Å². The van der Waals surface area contributed by atoms with E-state index in [1.807, 2.05) is 0 Å². The first-order valence-corrected chi connectivity index (χ1v) is 10.2. The Labute approximate surface area is 196 Å². The molecule has 0 aliphatic carbocycles. The second-order valence-electron chi connectivity index (χ2n) is 7.06. The van der Waals surface area contributed by atoms with Crippen molar-refractivity contribution >= 4 is 39.9 Å². The predicted octanol–water partition coefficient (Wildman–Crippen LogP) is 4.92. The van der Waals surface area contributed by atoms with Gasteiger partial charge in [-0.25, -0.2) is 4.79 Å². The van der Waals surface area contributed by atoms with Gasteiger partial charge in [-0.1, -0.05) is 35.9 Å². The van der Waals surface area contributed by atoms with Crippen molar-refractivity contribution in [2.45, 2.75) is 0 Å². The van der Waals surface area contributed by atoms with E-state index in [0.717, 1.165) is 6.07 Å². The van der Waals surface area contributed by atoms with Gasteiger partial charge in [-0.15, -0.1) is 0 Å². The molecule has 170 valence electrons. The number of nitro benzene ring substituents is 1. The Hall–Kier alpha value is -4.50. The molecule has 0 amide bonds. The summed E-state index contributed by atoms with van der Waals surface area (Å²) in [5.74, 6) is -1.19. The molecule has 34 heavy (non-hydrogen) atoms. The molecule has 0 unspecified atom stereocenters. The van der Waals surface area contributed by atoms with Gasteiger partial charge in [0.15, 0.2) is 12.4 Å². The zero-order valence-corrected chi connectivity index (χ0v) is 18.1. The second kappa shape index (κ2) is 9.55. The Morgan fingerprint density at radius 2 is 1.74 bits per heavy atom. The molecule has 1 N–H and O–H groups in total. The Morgan fingerprint density at radius 3 is 2.47 bits per heavy atom. The summed E-state index contributed by atoms with van der Waals surface area (Å²) in [4.78, 5) is 50.0. The molecule has 0 saturated heterocycles. The minimum absolute atomic E-state index is 0.0530. The maximum atomic E-state index is 12.5. The SMILES string of the molecule is O=C(COC(=O)c1cc(=O)[nH]c2ccccc12)c1ccc(Oc2c(Cl)cccc2[N+](=O)[O-])cc1. The maximum absolute atomic E-state index is 12.5. The number of nitro groups is 1. The Bertz CT molecular complexity index is 1480. The van der Waals surface area contributed by atoms with Crippen LogP contribution in [0.15, 0.2) is 77.6 Å². The highest BCUT2D eigenvalue weighted by Gasteiger charge is 2.20. The average molecular weight is 479 g/mol. The molecule has 0 saturated carbocycles. The molecule has 0 atom stereocenters. The summed E-state index contributed by atoms with van der Waals surface area (Å²) in [7, 11) is 0. The number of ketones is 1. The van der Waals surface area contributed by atoms with E-state index in [-0.39, 0.29) is 33.3 Å². The van der Waals surface area contributed by atoms with Crippen LogP contribution in [0.2, 0.25) is 5.02 Å². The van der Waals surface area contributed by atoms with Crippen LogP contribution in [0.25, 0.3) is 10.9 Å². The number of para-hydroxylation sites is 2. The summed E-state index contributed by atoms with van der Waals surface area (Å²) in [6.45, 7) is -0.545. The zero-order chi connectivity index (χ0) is 24.2. The molecule has 0 spiro atoms. The standard InChI is InChI=1S/C24H15ClN2O7/c25-18-5-3-7-20(27(31)32)23(18)34-15-10-8-14(9-11-15)21(28)13-33-24(30)17-12-22(29)26-19-6-2-1-4-16(17)19/h1-12H,13H2,(H,26,29). The van der Waals surface area contributed by atoms with Crippen LogP contribution in [0.1, 0.15) is 20.7 Å². The van der Waals surface area contributed by atoms with Gasteiger partial charge in [0.1, 0.15) is 5.75 Å². The number of fused-ring (bicyclic) bond motifs is 1. The lowest BCUT2D eigenvalue weighted by molar-refractivity contribution is -0.385. The van der Waals surface area contributed by atoms with E-state index >= 15 is 0 Å². The number of Topliss-reactive ketones (excluding diaryl/α,β-unsaturated/α-hetero) is 1. The van der Waals surface area contributed by atoms with Crippen LogP contribution < -0.4 is 10.3 Å². The lowest BCUT2D eigenvalue weighted by Gasteiger charge is -2.09. The van der Waals surface area contributed by atoms with Gasteiger partial charge in [-0.2, -0.15) is 0 Å². The predicted molar refractivity (Wildman–Crippen MR) is 124 cm³/mol. The van der Waals surface area contributed by atoms with Gasteiger partial charge < -0.3 is 14.5 Å². The number of hydrogen-bond acceptors (Lipinski definition) is 7. The summed E-state index contributed by atoms with van der Waals surface area (Å²) in [5, 5.41) is 11.7. The number of H-pyrrole nitrogens is 1. The first-order chi connectivity index (χ1) is 16.3. The smallest absolute Gasteiger partial charge is 0.339 e. The number of ether oxygens (including phenoxy) is 2. The largest absolute Gasteiger partial charge is 0.454 e. The van der Waals surface area contributed by atoms with Gasteiger partial charge in [0, 0.05) is 28.6 Å². The molecule has 4 aromatic rings. The van der Waals surface area contributed by atoms with Crippen LogP contribution in [0, 0.1) is 10.1 Å². The highest BCUT2D eigenvalue weighted by Crippen LogP contribution is 2.37. The third-order valence-electron chi connectivity index (χ3n) is 4.84. The molecular weight excluding hydrogens is 464 g/mol. The van der Waals surface area contributed by atoms with Crippen molar-refractivity contribution in [1.82, 2.24) is 4.98 Å². The summed E-state index contributed by atoms with van der Waals surface area (Å²) >= 11 is 6.02. The van der Waals surface area contributed by atoms with Crippen molar-refractivity contribution in [1.29, 1.82) is 0 Å². The Kier molecular flexibility index (Phi) is 6.37. The second-order valence-corrected chi connectivity index (χ2v) is 7.47. The van der Waals surface area contributed by atoms with Crippen molar-refractivity contribution in [3.05, 3.63) is 109 Å². The molecule has 0 radical (unpaired) electrons. The molecule has 10 heteroatoms. The van der Waals surface area contributed by atoms with Crippen LogP contribution in [-0.2, 0) is 4.74 Å². The number of aromatic amines is 1. The van der Waals surface area contributed by atoms with Crippen molar-refractivity contribution < 1.29 is 24.0 Å². The minimum Gasteiger partial charge on any atom is -0.454 e. The number of pyridine rings is 1. The summed E-state index contributed by atoms with van der Waals surface area (Å²) in [5.41, 5.74) is -0.0115. The van der Waals surface area contributed by atoms with Crippen LogP contribution in [0.5, 0.6) is 11.5 Å². The van der Waals surface area contributed by atoms with Gasteiger partial charge in [-0.05, 0) is 36.4 Å². The molecule has 0 aliphatic rings. The minimum atomic E-state index is -0.804. The lowest BCUT2D eigenvalue weighted by Crippen LogP contribution is -2.17. The average Bonchev–Trinajstić information content (AvgIpc) is 2.83. The summed E-state index contributed by atoms with van der Waals surface area (Å²) in [6.07, 6.45) is 0. The summed E-state index contributed by atoms with van der Waals surface area (Å²) in [6, 6.07) is 17.7. The summed E-state index contributed by atoms with van der Waals surface area (Å²) < 4.78 is 10.7. The van der Waals surface area contributed by atoms with E-state index in [4.69, 9.17) is 21.1 Å². The molecular formula is C24H15ClN2O7. The molecule has 1 heterocycles. The highest BCUT2D eigenvalue weighted by molar-refractivity contribution is 6.32. The van der Waals surface area contributed by atoms with Crippen molar-refractivity contribution in [2.24, 2.45) is 0 Å². The number of benzene rings is 3. The molecule has 0 aliphatic heterocycles. The molecule has 3 aromatic carbocycles. The number of esters is 1. The third-order valence-corrected chi connectivity index (χ3v) is 5.14. The first kappa shape index (κ1) is 22.7. The van der Waals surface area contributed by atoms with Crippen LogP contribution >= 0.6 is 11.6 Å². The zero-order valence-electron chi connectivity index (χ0n) is 17.3. The molecule has 4 rings (SSSR count). The molecule has 9 nitrogen and oxygen atoms in total. The monoisotopic (exact) mass is 478 g/mol. The van der Waals surface area contributed by atoms with Gasteiger partial charge >= 0.3 is 11.7 Å². The maximum Gasteiger partial charge on any atom is 0.339 e. The number of carbonyl (C=O) groups excluding carboxylic acids is 2. The van der Waals surface area contributed by atoms with E-state index in [1.165, 1.54) is 42.5 Å². The lowest BCUT2D eigenvalue weighted by atomic mass is 10.1. The number of halogens is 1. The van der Waals surface area contributed by atoms with Gasteiger partial charge in [0.25, 0.3) is 0 Å². The third kappa shape index (κ3) is 4.79. The number of nitrogens with zero attached hydrogens (tertiary/aromatic N) is 1. The van der Waals surface area contributed by atoms with E-state index in [0.29, 0.717) is 10.9 Å². The number of rotatable bonds is 7. The number of aromatic nitrogens is 1. The molecule has 0 bridgehead atoms. The first-order valence-electron chi connectivity index (χ1n) is 9.86. The van der Waals surface area contributed by atoms with E-state index in [2.05, 4.69) is 4.98 Å². The number of carbonyl (C=O) groups is 2. The Morgan fingerprint density at radius 1 is 1.00 bits per heavy atom. The quantitative estimate of drug-likeness (QED) is 0.173. The van der Waals surface area contributed by atoms with Crippen molar-refractivity contribution in [2.75, 3.05) is 6.61 Å². The van der Waals surface area contributed by atoms with Crippen LogP contribution in [-0.4, -0.2) is 28.3 Å². The Balaban J connectivity index is 1.45. The highest BCUT2D eigenvalue weighted by atomic mass is 35.5. The van der Waals surface area contributed by atoms with Crippen LogP contribution in [0.4, 0.5) is 5.69 Å². The fraction of sp³-hybridized carbons (Fsp3) is 0.0417. The normalized spacial score (nSPS) is 10.6. The van der Waals surface area contributed by atoms with Crippen molar-refractivity contribution in [3.8, 4) is 11.5 Å². The molecule has 0 fully saturated rings. The van der Waals surface area contributed by atoms with Crippen molar-refractivity contribution in [3.63, 3.8) is 0 Å². The number of hydrogen-bond donors (Lipinski definition) is 1. The van der Waals surface area contributed by atoms with E-state index in [9.17, 15) is 24.5 Å². The van der Waals surface area contributed by atoms with Crippen LogP contribution in [0.3, 0.4) is 0 Å². The fourth-order valence-corrected chi connectivity index (χ4v) is 3.44. The number of nitrogens with one attached hydrogen (secondary N) is 1. The van der Waals surface area contributed by atoms with E-state index < -0.39 is 28.8 Å². The van der Waals surface area contributed by atoms with E-state index in [1.54, 1.807) is 24.3 Å². The van der Waals surface area contributed by atoms with Gasteiger partial charge in [-0.3, -0.25) is 19.7 Å². The topological polar surface area (TPSA) is 129 Å².